The zero-order chi connectivity index (χ0) is 14.4. The van der Waals surface area contributed by atoms with Gasteiger partial charge in [0.2, 0.25) is 5.91 Å². The topological polar surface area (TPSA) is 66.8 Å². The fraction of sp³-hybridized carbons (Fsp3) is 0.429. The Kier molecular flexibility index (Phi) is 5.36. The number of hydrogen-bond acceptors (Lipinski definition) is 3. The van der Waals surface area contributed by atoms with Crippen molar-refractivity contribution < 1.29 is 19.4 Å². The van der Waals surface area contributed by atoms with E-state index in [1.807, 2.05) is 26.0 Å². The Bertz CT molecular complexity index is 471. The van der Waals surface area contributed by atoms with Gasteiger partial charge in [0.15, 0.2) is 0 Å². The van der Waals surface area contributed by atoms with Crippen LogP contribution in [0.5, 0.6) is 5.75 Å². The Morgan fingerprint density at radius 2 is 2.00 bits per heavy atom. The molecule has 1 aromatic carbocycles. The summed E-state index contributed by atoms with van der Waals surface area (Å²) in [7, 11) is 1.64. The van der Waals surface area contributed by atoms with E-state index in [-0.39, 0.29) is 18.7 Å². The fourth-order valence-corrected chi connectivity index (χ4v) is 1.69. The molecule has 1 amide bonds. The molecule has 104 valence electrons. The molecule has 0 saturated carbocycles. The van der Waals surface area contributed by atoms with Crippen molar-refractivity contribution in [2.24, 2.45) is 0 Å². The lowest BCUT2D eigenvalue weighted by Gasteiger charge is -2.18. The number of carbonyl (C=O) groups is 2. The lowest BCUT2D eigenvalue weighted by Crippen LogP contribution is -2.26. The highest BCUT2D eigenvalue weighted by molar-refractivity contribution is 5.94. The highest BCUT2D eigenvalue weighted by atomic mass is 16.5. The van der Waals surface area contributed by atoms with Gasteiger partial charge in [-0.2, -0.15) is 0 Å². The zero-order valence-corrected chi connectivity index (χ0v) is 11.5. The molecule has 0 bridgehead atoms. The van der Waals surface area contributed by atoms with Gasteiger partial charge in [-0.3, -0.25) is 9.59 Å². The van der Waals surface area contributed by atoms with Crippen LogP contribution in [0.15, 0.2) is 18.2 Å². The zero-order valence-electron chi connectivity index (χ0n) is 11.5. The minimum Gasteiger partial charge on any atom is -0.494 e. The maximum Gasteiger partial charge on any atom is 0.303 e. The molecule has 0 aliphatic carbocycles. The molecule has 1 N–H and O–H groups in total. The van der Waals surface area contributed by atoms with Gasteiger partial charge in [0.1, 0.15) is 5.75 Å². The van der Waals surface area contributed by atoms with Crippen LogP contribution < -0.4 is 9.64 Å². The molecule has 0 saturated heterocycles. The largest absolute Gasteiger partial charge is 0.494 e. The normalized spacial score (nSPS) is 10.1. The van der Waals surface area contributed by atoms with Crippen LogP contribution in [0, 0.1) is 6.92 Å². The van der Waals surface area contributed by atoms with Crippen LogP contribution in [0.4, 0.5) is 5.69 Å². The third-order valence-corrected chi connectivity index (χ3v) is 2.77. The summed E-state index contributed by atoms with van der Waals surface area (Å²) < 4.78 is 5.43. The first-order chi connectivity index (χ1) is 8.95. The first-order valence-electron chi connectivity index (χ1n) is 6.17. The molecular formula is C14H19NO4. The van der Waals surface area contributed by atoms with Crippen LogP contribution >= 0.6 is 0 Å². The SMILES string of the molecule is CCOc1ccc(N(C)C(=O)CCC(=O)O)cc1C. The number of benzene rings is 1. The van der Waals surface area contributed by atoms with E-state index < -0.39 is 5.97 Å². The summed E-state index contributed by atoms with van der Waals surface area (Å²) in [6.45, 7) is 4.41. The number of aliphatic carboxylic acids is 1. The van der Waals surface area contributed by atoms with E-state index in [0.717, 1.165) is 17.0 Å². The monoisotopic (exact) mass is 265 g/mol. The number of carboxylic acid groups (broad SMARTS) is 1. The average Bonchev–Trinajstić information content (AvgIpc) is 2.37. The standard InChI is InChI=1S/C14H19NO4/c1-4-19-12-6-5-11(9-10(12)2)15(3)13(16)7-8-14(17)18/h5-6,9H,4,7-8H2,1-3H3,(H,17,18). The number of aryl methyl sites for hydroxylation is 1. The second kappa shape index (κ2) is 6.78. The van der Waals surface area contributed by atoms with Crippen LogP contribution in [-0.2, 0) is 9.59 Å². The molecule has 19 heavy (non-hydrogen) atoms. The molecule has 5 nitrogen and oxygen atoms in total. The van der Waals surface area contributed by atoms with Crippen molar-refractivity contribution in [1.29, 1.82) is 0 Å². The van der Waals surface area contributed by atoms with Crippen molar-refractivity contribution in [3.05, 3.63) is 23.8 Å². The Morgan fingerprint density at radius 1 is 1.32 bits per heavy atom. The molecule has 0 atom stereocenters. The predicted molar refractivity (Wildman–Crippen MR) is 72.6 cm³/mol. The first kappa shape index (κ1) is 15.0. The molecular weight excluding hydrogens is 246 g/mol. The smallest absolute Gasteiger partial charge is 0.303 e. The summed E-state index contributed by atoms with van der Waals surface area (Å²) in [6.07, 6.45) is -0.155. The number of rotatable bonds is 6. The first-order valence-corrected chi connectivity index (χ1v) is 6.17. The minimum absolute atomic E-state index is 0.00189. The van der Waals surface area contributed by atoms with E-state index in [0.29, 0.717) is 6.61 Å². The number of carbonyl (C=O) groups excluding carboxylic acids is 1. The van der Waals surface area contributed by atoms with E-state index in [1.54, 1.807) is 13.1 Å². The van der Waals surface area contributed by atoms with Gasteiger partial charge < -0.3 is 14.7 Å². The van der Waals surface area contributed by atoms with Crippen molar-refractivity contribution in [2.45, 2.75) is 26.7 Å². The highest BCUT2D eigenvalue weighted by Gasteiger charge is 2.13. The van der Waals surface area contributed by atoms with Crippen molar-refractivity contribution in [3.8, 4) is 5.75 Å². The Labute approximate surface area is 112 Å². The molecule has 0 aliphatic heterocycles. The minimum atomic E-state index is -0.968. The molecule has 0 radical (unpaired) electrons. The quantitative estimate of drug-likeness (QED) is 0.856. The van der Waals surface area contributed by atoms with Crippen LogP contribution in [0.3, 0.4) is 0 Å². The highest BCUT2D eigenvalue weighted by Crippen LogP contribution is 2.24. The Morgan fingerprint density at radius 3 is 2.53 bits per heavy atom. The van der Waals surface area contributed by atoms with Gasteiger partial charge in [-0.05, 0) is 37.6 Å². The fourth-order valence-electron chi connectivity index (χ4n) is 1.69. The van der Waals surface area contributed by atoms with Gasteiger partial charge in [0.05, 0.1) is 13.0 Å². The van der Waals surface area contributed by atoms with Crippen LogP contribution in [0.1, 0.15) is 25.3 Å². The van der Waals surface area contributed by atoms with Crippen molar-refractivity contribution in [2.75, 3.05) is 18.6 Å². The van der Waals surface area contributed by atoms with E-state index in [9.17, 15) is 9.59 Å². The lowest BCUT2D eigenvalue weighted by atomic mass is 10.1. The maximum atomic E-state index is 11.8. The number of nitrogens with zero attached hydrogens (tertiary/aromatic N) is 1. The number of carboxylic acids is 1. The summed E-state index contributed by atoms with van der Waals surface area (Å²) in [5.41, 5.74) is 1.67. The summed E-state index contributed by atoms with van der Waals surface area (Å²) >= 11 is 0. The van der Waals surface area contributed by atoms with Gasteiger partial charge in [-0.15, -0.1) is 0 Å². The number of amides is 1. The lowest BCUT2D eigenvalue weighted by molar-refractivity contribution is -0.138. The van der Waals surface area contributed by atoms with E-state index >= 15 is 0 Å². The molecule has 0 unspecified atom stereocenters. The van der Waals surface area contributed by atoms with Gasteiger partial charge in [0.25, 0.3) is 0 Å². The predicted octanol–water partition coefficient (Wildman–Crippen LogP) is 2.22. The maximum absolute atomic E-state index is 11.8. The summed E-state index contributed by atoms with van der Waals surface area (Å²) in [4.78, 5) is 23.7. The van der Waals surface area contributed by atoms with Crippen LogP contribution in [0.25, 0.3) is 0 Å². The van der Waals surface area contributed by atoms with Gasteiger partial charge in [-0.1, -0.05) is 0 Å². The van der Waals surface area contributed by atoms with Gasteiger partial charge >= 0.3 is 5.97 Å². The second-order valence-corrected chi connectivity index (χ2v) is 4.23. The molecule has 1 aromatic rings. The van der Waals surface area contributed by atoms with E-state index in [4.69, 9.17) is 9.84 Å². The van der Waals surface area contributed by atoms with E-state index in [1.165, 1.54) is 4.90 Å². The molecule has 0 spiro atoms. The summed E-state index contributed by atoms with van der Waals surface area (Å²) in [5, 5.41) is 8.57. The van der Waals surface area contributed by atoms with Crippen molar-refractivity contribution in [3.63, 3.8) is 0 Å². The molecule has 0 aromatic heterocycles. The Balaban J connectivity index is 2.76. The number of hydrogen-bond donors (Lipinski definition) is 1. The van der Waals surface area contributed by atoms with Crippen LogP contribution in [-0.4, -0.2) is 30.6 Å². The van der Waals surface area contributed by atoms with E-state index in [2.05, 4.69) is 0 Å². The second-order valence-electron chi connectivity index (χ2n) is 4.23. The summed E-state index contributed by atoms with van der Waals surface area (Å²) in [6, 6.07) is 5.45. The molecule has 1 rings (SSSR count). The van der Waals surface area contributed by atoms with Gasteiger partial charge in [0, 0.05) is 19.2 Å². The number of anilines is 1. The molecule has 0 heterocycles. The molecule has 0 aliphatic rings. The third-order valence-electron chi connectivity index (χ3n) is 2.77. The molecule has 0 fully saturated rings. The van der Waals surface area contributed by atoms with Crippen molar-refractivity contribution in [1.82, 2.24) is 0 Å². The molecule has 5 heteroatoms. The Hall–Kier alpha value is -2.04. The van der Waals surface area contributed by atoms with Gasteiger partial charge in [-0.25, -0.2) is 0 Å². The van der Waals surface area contributed by atoms with Crippen molar-refractivity contribution >= 4 is 17.6 Å². The average molecular weight is 265 g/mol. The summed E-state index contributed by atoms with van der Waals surface area (Å²) in [5.74, 6) is -0.395. The van der Waals surface area contributed by atoms with Crippen LogP contribution in [0.2, 0.25) is 0 Å². The number of ether oxygens (including phenoxy) is 1. The third kappa shape index (κ3) is 4.28.